The molecule has 0 aliphatic carbocycles. The van der Waals surface area contributed by atoms with Crippen LogP contribution in [0.2, 0.25) is 0 Å². The Morgan fingerprint density at radius 2 is 2.00 bits per heavy atom. The maximum Gasteiger partial charge on any atom is 0.319 e. The highest BCUT2D eigenvalue weighted by molar-refractivity contribution is 7.85. The fraction of sp³-hybridized carbons (Fsp3) is 0.429. The Hall–Kier alpha value is -2.09. The zero-order valence-corrected chi connectivity index (χ0v) is 13.5. The highest BCUT2D eigenvalue weighted by atomic mass is 32.2. The molecular weight excluding hydrogens is 304 g/mol. The number of aliphatic carboxylic acids is 1. The van der Waals surface area contributed by atoms with Crippen LogP contribution < -0.4 is 0 Å². The molecule has 1 aromatic heterocycles. The second-order valence-corrected chi connectivity index (χ2v) is 6.63. The van der Waals surface area contributed by atoms with Crippen molar-refractivity contribution >= 4 is 16.8 Å². The van der Waals surface area contributed by atoms with E-state index in [0.29, 0.717) is 12.2 Å². The highest BCUT2D eigenvalue weighted by Gasteiger charge is 2.25. The van der Waals surface area contributed by atoms with Crippen molar-refractivity contribution in [2.24, 2.45) is 0 Å². The van der Waals surface area contributed by atoms with Crippen LogP contribution in [0.3, 0.4) is 0 Å². The third kappa shape index (κ3) is 3.22. The number of carbonyl (C=O) groups is 1. The lowest BCUT2D eigenvalue weighted by atomic mass is 10.1. The van der Waals surface area contributed by atoms with Crippen molar-refractivity contribution < 1.29 is 14.1 Å². The second-order valence-electron chi connectivity index (χ2n) is 5.01. The zero-order valence-electron chi connectivity index (χ0n) is 12.7. The van der Waals surface area contributed by atoms with E-state index in [-0.39, 0.29) is 5.75 Å². The molecule has 8 heteroatoms. The zero-order chi connectivity index (χ0) is 16.3. The lowest BCUT2D eigenvalue weighted by Gasteiger charge is -2.12. The molecule has 118 valence electrons. The van der Waals surface area contributed by atoms with Gasteiger partial charge in [0.15, 0.2) is 5.82 Å². The SMILES string of the molecule is CC[C@H](C(=O)O)[S@](=O)Cc1nnnn1-c1c(C)cccc1C. The number of hydrogen-bond donors (Lipinski definition) is 1. The van der Waals surface area contributed by atoms with Crippen LogP contribution in [0.15, 0.2) is 18.2 Å². The van der Waals surface area contributed by atoms with Crippen molar-refractivity contribution in [2.45, 2.75) is 38.2 Å². The first-order valence-corrected chi connectivity index (χ1v) is 8.27. The Bertz CT molecular complexity index is 694. The van der Waals surface area contributed by atoms with E-state index in [9.17, 15) is 9.00 Å². The molecule has 1 aromatic carbocycles. The summed E-state index contributed by atoms with van der Waals surface area (Å²) in [5.41, 5.74) is 2.82. The third-order valence-corrected chi connectivity index (χ3v) is 5.13. The van der Waals surface area contributed by atoms with Crippen molar-refractivity contribution in [1.82, 2.24) is 20.2 Å². The summed E-state index contributed by atoms with van der Waals surface area (Å²) in [4.78, 5) is 11.1. The summed E-state index contributed by atoms with van der Waals surface area (Å²) in [6, 6.07) is 5.82. The van der Waals surface area contributed by atoms with Crippen molar-refractivity contribution in [2.75, 3.05) is 0 Å². The number of aryl methyl sites for hydroxylation is 2. The van der Waals surface area contributed by atoms with Crippen LogP contribution in [0.1, 0.15) is 30.3 Å². The van der Waals surface area contributed by atoms with Crippen molar-refractivity contribution in [3.8, 4) is 5.69 Å². The smallest absolute Gasteiger partial charge is 0.319 e. The van der Waals surface area contributed by atoms with Gasteiger partial charge < -0.3 is 5.11 Å². The molecule has 1 N–H and O–H groups in total. The summed E-state index contributed by atoms with van der Waals surface area (Å²) >= 11 is 0. The van der Waals surface area contributed by atoms with Gasteiger partial charge in [0.1, 0.15) is 5.25 Å². The van der Waals surface area contributed by atoms with Gasteiger partial charge in [-0.2, -0.15) is 4.68 Å². The quantitative estimate of drug-likeness (QED) is 0.863. The molecule has 0 saturated carbocycles. The van der Waals surface area contributed by atoms with E-state index in [1.165, 1.54) is 4.68 Å². The summed E-state index contributed by atoms with van der Waals surface area (Å²) in [6.07, 6.45) is 0.299. The van der Waals surface area contributed by atoms with Crippen LogP contribution >= 0.6 is 0 Å². The molecule has 0 radical (unpaired) electrons. The number of benzene rings is 1. The maximum atomic E-state index is 12.3. The Labute approximate surface area is 130 Å². The second kappa shape index (κ2) is 6.78. The molecular formula is C14H18N4O3S. The number of carboxylic acids is 1. The van der Waals surface area contributed by atoms with Crippen LogP contribution in [0, 0.1) is 13.8 Å². The average Bonchev–Trinajstić information content (AvgIpc) is 2.87. The van der Waals surface area contributed by atoms with E-state index in [1.807, 2.05) is 32.0 Å². The predicted octanol–water partition coefficient (Wildman–Crippen LogP) is 1.39. The molecule has 0 amide bonds. The molecule has 0 aliphatic heterocycles. The molecule has 7 nitrogen and oxygen atoms in total. The van der Waals surface area contributed by atoms with Crippen LogP contribution in [0.25, 0.3) is 5.69 Å². The van der Waals surface area contributed by atoms with Crippen LogP contribution in [0.5, 0.6) is 0 Å². The molecule has 0 spiro atoms. The standard InChI is InChI=1S/C14H18N4O3S/c1-4-11(14(19)20)22(21)8-12-15-16-17-18(12)13-9(2)6-5-7-10(13)3/h5-7,11H,4,8H2,1-3H3,(H,19,20)/t11-,22-/m1/s1. The van der Waals surface area contributed by atoms with E-state index >= 15 is 0 Å². The minimum Gasteiger partial charge on any atom is -0.480 e. The molecule has 1 heterocycles. The molecule has 0 unspecified atom stereocenters. The summed E-state index contributed by atoms with van der Waals surface area (Å²) in [5, 5.41) is 19.7. The topological polar surface area (TPSA) is 98.0 Å². The van der Waals surface area contributed by atoms with Gasteiger partial charge >= 0.3 is 5.97 Å². The van der Waals surface area contributed by atoms with Gasteiger partial charge in [0, 0.05) is 10.8 Å². The Morgan fingerprint density at radius 3 is 2.55 bits per heavy atom. The first kappa shape index (κ1) is 16.3. The van der Waals surface area contributed by atoms with E-state index in [4.69, 9.17) is 5.11 Å². The van der Waals surface area contributed by atoms with Crippen LogP contribution in [0.4, 0.5) is 0 Å². The van der Waals surface area contributed by atoms with E-state index in [2.05, 4.69) is 15.5 Å². The van der Waals surface area contributed by atoms with Gasteiger partial charge in [0.05, 0.1) is 11.4 Å². The van der Waals surface area contributed by atoms with Gasteiger partial charge in [0.25, 0.3) is 0 Å². The number of nitrogens with zero attached hydrogens (tertiary/aromatic N) is 4. The molecule has 2 rings (SSSR count). The number of carboxylic acid groups (broad SMARTS) is 1. The van der Waals surface area contributed by atoms with Crippen molar-refractivity contribution in [3.05, 3.63) is 35.2 Å². The Kier molecular flexibility index (Phi) is 5.02. The molecule has 0 saturated heterocycles. The Morgan fingerprint density at radius 1 is 1.36 bits per heavy atom. The normalized spacial score (nSPS) is 13.8. The van der Waals surface area contributed by atoms with Crippen molar-refractivity contribution in [1.29, 1.82) is 0 Å². The number of hydrogen-bond acceptors (Lipinski definition) is 5. The van der Waals surface area contributed by atoms with Gasteiger partial charge in [-0.3, -0.25) is 9.00 Å². The summed E-state index contributed by atoms with van der Waals surface area (Å²) < 4.78 is 13.8. The average molecular weight is 322 g/mol. The third-order valence-electron chi connectivity index (χ3n) is 3.42. The maximum absolute atomic E-state index is 12.3. The largest absolute Gasteiger partial charge is 0.480 e. The fourth-order valence-corrected chi connectivity index (χ4v) is 3.54. The lowest BCUT2D eigenvalue weighted by molar-refractivity contribution is -0.136. The van der Waals surface area contributed by atoms with E-state index in [0.717, 1.165) is 16.8 Å². The van der Waals surface area contributed by atoms with Gasteiger partial charge in [-0.05, 0) is 41.8 Å². The highest BCUT2D eigenvalue weighted by Crippen LogP contribution is 2.19. The lowest BCUT2D eigenvalue weighted by Crippen LogP contribution is -2.26. The van der Waals surface area contributed by atoms with Crippen molar-refractivity contribution in [3.63, 3.8) is 0 Å². The van der Waals surface area contributed by atoms with Gasteiger partial charge in [0.2, 0.25) is 0 Å². The summed E-state index contributed by atoms with van der Waals surface area (Å²) in [6.45, 7) is 5.58. The molecule has 2 aromatic rings. The van der Waals surface area contributed by atoms with Crippen LogP contribution in [-0.4, -0.2) is 40.7 Å². The molecule has 0 aliphatic rings. The number of aromatic nitrogens is 4. The molecule has 0 fully saturated rings. The number of para-hydroxylation sites is 1. The predicted molar refractivity (Wildman–Crippen MR) is 82.2 cm³/mol. The number of tetrazole rings is 1. The Balaban J connectivity index is 2.35. The van der Waals surface area contributed by atoms with Gasteiger partial charge in [-0.25, -0.2) is 0 Å². The minimum absolute atomic E-state index is 0.00554. The molecule has 2 atom stereocenters. The first-order chi connectivity index (χ1) is 10.5. The van der Waals surface area contributed by atoms with Gasteiger partial charge in [-0.1, -0.05) is 25.1 Å². The summed E-state index contributed by atoms with van der Waals surface area (Å²) in [5.74, 6) is -0.659. The number of rotatable bonds is 6. The van der Waals surface area contributed by atoms with Gasteiger partial charge in [-0.15, -0.1) is 5.10 Å². The monoisotopic (exact) mass is 322 g/mol. The summed E-state index contributed by atoms with van der Waals surface area (Å²) in [7, 11) is -1.58. The first-order valence-electron chi connectivity index (χ1n) is 6.89. The minimum atomic E-state index is -1.58. The molecule has 0 bridgehead atoms. The fourth-order valence-electron chi connectivity index (χ4n) is 2.31. The van der Waals surface area contributed by atoms with E-state index < -0.39 is 22.0 Å². The van der Waals surface area contributed by atoms with E-state index in [1.54, 1.807) is 6.92 Å². The molecule has 22 heavy (non-hydrogen) atoms. The van der Waals surface area contributed by atoms with Crippen LogP contribution in [-0.2, 0) is 21.3 Å².